The third-order valence-electron chi connectivity index (χ3n) is 7.85. The van der Waals surface area contributed by atoms with Crippen LogP contribution in [0.4, 0.5) is 0 Å². The van der Waals surface area contributed by atoms with Crippen molar-refractivity contribution in [2.75, 3.05) is 11.5 Å². The fourth-order valence-corrected chi connectivity index (χ4v) is 6.23. The van der Waals surface area contributed by atoms with Gasteiger partial charge in [0.05, 0.1) is 0 Å². The second kappa shape index (κ2) is 37.5. The zero-order valence-electron chi connectivity index (χ0n) is 28.0. The first-order valence-electron chi connectivity index (χ1n) is 17.8. The summed E-state index contributed by atoms with van der Waals surface area (Å²) in [5, 5.41) is 0. The molecule has 0 atom stereocenters. The summed E-state index contributed by atoms with van der Waals surface area (Å²) in [6.45, 7) is 4.61. The molecule has 39 heavy (non-hydrogen) atoms. The van der Waals surface area contributed by atoms with E-state index in [1.807, 2.05) is 18.2 Å². The molecule has 1 nitrogen and oxygen atoms in total. The lowest BCUT2D eigenvalue weighted by molar-refractivity contribution is 0.538. The van der Waals surface area contributed by atoms with Gasteiger partial charge in [-0.2, -0.15) is 11.8 Å². The third kappa shape index (κ3) is 37.5. The van der Waals surface area contributed by atoms with Gasteiger partial charge in [-0.25, -0.2) is 0 Å². The quantitative estimate of drug-likeness (QED) is 0.0865. The molecule has 0 aliphatic heterocycles. The van der Waals surface area contributed by atoms with Crippen LogP contribution in [0.15, 0.2) is 30.6 Å². The lowest BCUT2D eigenvalue weighted by atomic mass is 10.0. The Balaban J connectivity index is 0. The van der Waals surface area contributed by atoms with Crippen LogP contribution >= 0.6 is 11.8 Å². The summed E-state index contributed by atoms with van der Waals surface area (Å²) < 4.78 is 0. The molecule has 230 valence electrons. The summed E-state index contributed by atoms with van der Waals surface area (Å²) in [4.78, 5) is 3.78. The Labute approximate surface area is 253 Å². The fourth-order valence-electron chi connectivity index (χ4n) is 5.21. The molecule has 0 fully saturated rings. The number of thioether (sulfide) groups is 1. The molecular formula is C37H72NS+. The van der Waals surface area contributed by atoms with Gasteiger partial charge < -0.3 is 0 Å². The second-order valence-corrected chi connectivity index (χ2v) is 13.1. The Bertz CT molecular complexity index is 455. The van der Waals surface area contributed by atoms with Gasteiger partial charge in [0.1, 0.15) is 0 Å². The number of unbranched alkanes of at least 4 members (excludes halogenated alkanes) is 26. The molecule has 0 amide bonds. The summed E-state index contributed by atoms with van der Waals surface area (Å²) in [6.07, 6.45) is 44.7. The van der Waals surface area contributed by atoms with Crippen molar-refractivity contribution in [2.45, 2.75) is 194 Å². The molecular weight excluding hydrogens is 490 g/mol. The van der Waals surface area contributed by atoms with E-state index in [2.05, 4.69) is 30.6 Å². The SMILES string of the molecule is CCCCCCCCCCCCCCCCSCCCCCCCCCCCCCCCC.[H+].c1ccncc1. The lowest BCUT2D eigenvalue weighted by Gasteiger charge is -2.04. The predicted molar refractivity (Wildman–Crippen MR) is 183 cm³/mol. The largest absolute Gasteiger partial charge is 1.00 e. The molecule has 1 aromatic heterocycles. The van der Waals surface area contributed by atoms with Gasteiger partial charge in [0.15, 0.2) is 0 Å². The van der Waals surface area contributed by atoms with E-state index in [1.54, 1.807) is 12.4 Å². The van der Waals surface area contributed by atoms with Gasteiger partial charge in [0.25, 0.3) is 0 Å². The Hall–Kier alpha value is -0.500. The molecule has 0 N–H and O–H groups in total. The fraction of sp³-hybridized carbons (Fsp3) is 0.865. The van der Waals surface area contributed by atoms with Crippen molar-refractivity contribution in [3.8, 4) is 0 Å². The number of hydrogen-bond donors (Lipinski definition) is 0. The zero-order valence-corrected chi connectivity index (χ0v) is 27.8. The molecule has 0 saturated heterocycles. The van der Waals surface area contributed by atoms with Crippen LogP contribution in [0.2, 0.25) is 0 Å². The average molecular weight is 563 g/mol. The van der Waals surface area contributed by atoms with Gasteiger partial charge in [0, 0.05) is 12.4 Å². The van der Waals surface area contributed by atoms with E-state index in [-0.39, 0.29) is 1.43 Å². The molecule has 1 rings (SSSR count). The Morgan fingerprint density at radius 3 is 0.821 bits per heavy atom. The minimum atomic E-state index is 0. The molecule has 0 aliphatic rings. The molecule has 0 radical (unpaired) electrons. The van der Waals surface area contributed by atoms with Crippen molar-refractivity contribution < 1.29 is 1.43 Å². The molecule has 1 aromatic rings. The maximum Gasteiger partial charge on any atom is 1.00 e. The first-order chi connectivity index (χ1) is 19.4. The van der Waals surface area contributed by atoms with E-state index in [1.165, 1.54) is 191 Å². The molecule has 1 heterocycles. The molecule has 0 unspecified atom stereocenters. The Kier molecular flexibility index (Phi) is 37.0. The summed E-state index contributed by atoms with van der Waals surface area (Å²) in [7, 11) is 0. The van der Waals surface area contributed by atoms with Crippen molar-refractivity contribution in [3.05, 3.63) is 30.6 Å². The van der Waals surface area contributed by atoms with Gasteiger partial charge in [-0.3, -0.25) is 4.98 Å². The van der Waals surface area contributed by atoms with Crippen molar-refractivity contribution >= 4 is 11.8 Å². The predicted octanol–water partition coefficient (Wildman–Crippen LogP) is 13.9. The molecule has 0 aliphatic carbocycles. The minimum absolute atomic E-state index is 0. The third-order valence-corrected chi connectivity index (χ3v) is 9.01. The van der Waals surface area contributed by atoms with Gasteiger partial charge in [-0.15, -0.1) is 0 Å². The minimum Gasteiger partial charge on any atom is -0.265 e. The Morgan fingerprint density at radius 1 is 0.359 bits per heavy atom. The van der Waals surface area contributed by atoms with Gasteiger partial charge in [-0.05, 0) is 36.5 Å². The molecule has 0 spiro atoms. The highest BCUT2D eigenvalue weighted by molar-refractivity contribution is 7.99. The molecule has 0 saturated carbocycles. The maximum atomic E-state index is 3.78. The van der Waals surface area contributed by atoms with E-state index in [4.69, 9.17) is 0 Å². The van der Waals surface area contributed by atoms with Crippen molar-refractivity contribution in [1.29, 1.82) is 0 Å². The van der Waals surface area contributed by atoms with Crippen LogP contribution in [0, 0.1) is 0 Å². The van der Waals surface area contributed by atoms with Crippen LogP contribution < -0.4 is 0 Å². The van der Waals surface area contributed by atoms with Gasteiger partial charge in [0.2, 0.25) is 0 Å². The number of nitrogens with zero attached hydrogens (tertiary/aromatic N) is 1. The van der Waals surface area contributed by atoms with Crippen LogP contribution in [0.1, 0.15) is 195 Å². The summed E-state index contributed by atoms with van der Waals surface area (Å²) in [5.74, 6) is 2.83. The number of rotatable bonds is 30. The number of pyridine rings is 1. The van der Waals surface area contributed by atoms with Crippen LogP contribution in [0.3, 0.4) is 0 Å². The standard InChI is InChI=1S/C32H66S.C5H5N/c1-3-5-7-9-11-13-15-17-19-21-23-25-27-29-31-33-32-30-28-26-24-22-20-18-16-14-12-10-8-6-4-2;1-2-4-6-5-3-1/h3-32H2,1-2H3;1-5H/p+1. The highest BCUT2D eigenvalue weighted by Crippen LogP contribution is 2.16. The maximum absolute atomic E-state index is 3.78. The van der Waals surface area contributed by atoms with Crippen molar-refractivity contribution in [3.63, 3.8) is 0 Å². The second-order valence-electron chi connectivity index (χ2n) is 11.8. The first kappa shape index (κ1) is 38.5. The topological polar surface area (TPSA) is 12.9 Å². The summed E-state index contributed by atoms with van der Waals surface area (Å²) in [6, 6.07) is 5.72. The van der Waals surface area contributed by atoms with E-state index in [0.717, 1.165) is 0 Å². The van der Waals surface area contributed by atoms with Crippen molar-refractivity contribution in [1.82, 2.24) is 4.98 Å². The van der Waals surface area contributed by atoms with Crippen LogP contribution in [0.25, 0.3) is 0 Å². The van der Waals surface area contributed by atoms with E-state index in [0.29, 0.717) is 0 Å². The van der Waals surface area contributed by atoms with Crippen LogP contribution in [-0.2, 0) is 0 Å². The van der Waals surface area contributed by atoms with E-state index < -0.39 is 0 Å². The average Bonchev–Trinajstić information content (AvgIpc) is 2.97. The Morgan fingerprint density at radius 2 is 0.615 bits per heavy atom. The smallest absolute Gasteiger partial charge is 0.265 e. The van der Waals surface area contributed by atoms with Crippen molar-refractivity contribution in [2.24, 2.45) is 0 Å². The molecule has 0 bridgehead atoms. The normalized spacial score (nSPS) is 10.9. The zero-order chi connectivity index (χ0) is 28.2. The van der Waals surface area contributed by atoms with Crippen LogP contribution in [-0.4, -0.2) is 16.5 Å². The number of hydrogen-bond acceptors (Lipinski definition) is 2. The first-order valence-corrected chi connectivity index (χ1v) is 19.0. The van der Waals surface area contributed by atoms with E-state index >= 15 is 0 Å². The van der Waals surface area contributed by atoms with E-state index in [9.17, 15) is 0 Å². The van der Waals surface area contributed by atoms with Gasteiger partial charge in [-0.1, -0.05) is 187 Å². The van der Waals surface area contributed by atoms with Gasteiger partial charge >= 0.3 is 1.43 Å². The molecule has 2 heteroatoms. The highest BCUT2D eigenvalue weighted by Gasteiger charge is 1.96. The number of aromatic nitrogens is 1. The monoisotopic (exact) mass is 563 g/mol. The lowest BCUT2D eigenvalue weighted by Crippen LogP contribution is -1.87. The summed E-state index contributed by atoms with van der Waals surface area (Å²) in [5.41, 5.74) is 0. The highest BCUT2D eigenvalue weighted by atomic mass is 32.2. The summed E-state index contributed by atoms with van der Waals surface area (Å²) >= 11 is 2.22. The molecule has 0 aromatic carbocycles. The van der Waals surface area contributed by atoms with Crippen LogP contribution in [0.5, 0.6) is 0 Å².